The van der Waals surface area contributed by atoms with Crippen molar-refractivity contribution >= 4 is 23.4 Å². The number of carbonyl (C=O) groups is 1. The van der Waals surface area contributed by atoms with Crippen LogP contribution >= 0.6 is 11.8 Å². The minimum Gasteiger partial charge on any atom is -0.325 e. The highest BCUT2D eigenvalue weighted by Gasteiger charge is 2.14. The van der Waals surface area contributed by atoms with E-state index in [2.05, 4.69) is 58.2 Å². The molecule has 0 spiro atoms. The number of nitrogens with one attached hydrogen (secondary N) is 1. The fourth-order valence-electron chi connectivity index (χ4n) is 3.20. The molecule has 0 aliphatic rings. The molecule has 3 aromatic carbocycles. The summed E-state index contributed by atoms with van der Waals surface area (Å²) in [6, 6.07) is 28.3. The molecule has 0 atom stereocenters. The minimum absolute atomic E-state index is 0.0441. The van der Waals surface area contributed by atoms with Crippen LogP contribution in [0.1, 0.15) is 11.1 Å². The average Bonchev–Trinajstić information content (AvgIpc) is 3.16. The van der Waals surface area contributed by atoms with Gasteiger partial charge >= 0.3 is 0 Å². The van der Waals surface area contributed by atoms with Gasteiger partial charge < -0.3 is 9.88 Å². The third-order valence-corrected chi connectivity index (χ3v) is 5.73. The molecule has 0 bridgehead atoms. The van der Waals surface area contributed by atoms with E-state index in [4.69, 9.17) is 0 Å². The van der Waals surface area contributed by atoms with E-state index in [0.29, 0.717) is 12.3 Å². The maximum absolute atomic E-state index is 12.4. The van der Waals surface area contributed by atoms with E-state index in [0.717, 1.165) is 22.1 Å². The Morgan fingerprint density at radius 3 is 2.30 bits per heavy atom. The Kier molecular flexibility index (Phi) is 6.30. The molecule has 5 heteroatoms. The number of hydrogen-bond donors (Lipinski definition) is 1. The van der Waals surface area contributed by atoms with Gasteiger partial charge in [0.2, 0.25) is 5.91 Å². The van der Waals surface area contributed by atoms with Gasteiger partial charge in [0.15, 0.2) is 5.16 Å². The Balaban J connectivity index is 1.55. The number of thioether (sulfide) groups is 1. The number of carbonyl (C=O) groups excluding carboxylic acids is 1. The first-order valence-corrected chi connectivity index (χ1v) is 10.8. The van der Waals surface area contributed by atoms with E-state index in [1.165, 1.54) is 22.9 Å². The first-order valence-electron chi connectivity index (χ1n) is 9.83. The Hall–Kier alpha value is -3.31. The van der Waals surface area contributed by atoms with Gasteiger partial charge in [0.25, 0.3) is 0 Å². The third-order valence-electron chi connectivity index (χ3n) is 4.74. The van der Waals surface area contributed by atoms with Crippen molar-refractivity contribution in [3.8, 4) is 11.3 Å². The molecular formula is C25H23N3OS. The Morgan fingerprint density at radius 1 is 0.933 bits per heavy atom. The smallest absolute Gasteiger partial charge is 0.234 e. The SMILES string of the molecule is Cc1ccc(-c2cnc(SCC(=O)Nc3ccccc3)n2Cc2ccccc2)cc1. The van der Waals surface area contributed by atoms with E-state index in [1.807, 2.05) is 54.7 Å². The van der Waals surface area contributed by atoms with Gasteiger partial charge in [-0.1, -0.05) is 90.1 Å². The third kappa shape index (κ3) is 4.99. The number of para-hydroxylation sites is 1. The lowest BCUT2D eigenvalue weighted by Crippen LogP contribution is -2.14. The highest BCUT2D eigenvalue weighted by Crippen LogP contribution is 2.27. The van der Waals surface area contributed by atoms with Crippen LogP contribution in [0.3, 0.4) is 0 Å². The van der Waals surface area contributed by atoms with Crippen molar-refractivity contribution in [1.82, 2.24) is 9.55 Å². The number of hydrogen-bond acceptors (Lipinski definition) is 3. The molecule has 30 heavy (non-hydrogen) atoms. The molecule has 0 radical (unpaired) electrons. The van der Waals surface area contributed by atoms with Crippen LogP contribution in [0.25, 0.3) is 11.3 Å². The number of aryl methyl sites for hydroxylation is 1. The molecular weight excluding hydrogens is 390 g/mol. The Morgan fingerprint density at radius 2 is 1.60 bits per heavy atom. The molecule has 1 heterocycles. The molecule has 0 saturated carbocycles. The van der Waals surface area contributed by atoms with Crippen LogP contribution in [0.2, 0.25) is 0 Å². The van der Waals surface area contributed by atoms with E-state index in [-0.39, 0.29) is 5.91 Å². The first-order chi connectivity index (χ1) is 14.7. The van der Waals surface area contributed by atoms with Crippen molar-refractivity contribution in [2.75, 3.05) is 11.1 Å². The second-order valence-electron chi connectivity index (χ2n) is 7.07. The number of nitrogens with zero attached hydrogens (tertiary/aromatic N) is 2. The number of anilines is 1. The lowest BCUT2D eigenvalue weighted by molar-refractivity contribution is -0.113. The molecule has 4 nitrogen and oxygen atoms in total. The van der Waals surface area contributed by atoms with Crippen molar-refractivity contribution in [2.24, 2.45) is 0 Å². The molecule has 0 aliphatic heterocycles. The van der Waals surface area contributed by atoms with Gasteiger partial charge in [0.1, 0.15) is 0 Å². The normalized spacial score (nSPS) is 10.7. The van der Waals surface area contributed by atoms with E-state index >= 15 is 0 Å². The molecule has 0 fully saturated rings. The quantitative estimate of drug-likeness (QED) is 0.399. The largest absolute Gasteiger partial charge is 0.325 e. The zero-order valence-corrected chi connectivity index (χ0v) is 17.6. The van der Waals surface area contributed by atoms with Crippen LogP contribution in [0.4, 0.5) is 5.69 Å². The van der Waals surface area contributed by atoms with Crippen molar-refractivity contribution in [1.29, 1.82) is 0 Å². The van der Waals surface area contributed by atoms with Gasteiger partial charge in [-0.3, -0.25) is 4.79 Å². The zero-order valence-electron chi connectivity index (χ0n) is 16.8. The first kappa shape index (κ1) is 20.0. The average molecular weight is 414 g/mol. The highest BCUT2D eigenvalue weighted by atomic mass is 32.2. The van der Waals surface area contributed by atoms with Crippen LogP contribution in [-0.4, -0.2) is 21.2 Å². The van der Waals surface area contributed by atoms with Crippen LogP contribution in [-0.2, 0) is 11.3 Å². The van der Waals surface area contributed by atoms with Crippen LogP contribution in [0.15, 0.2) is 96.3 Å². The number of benzene rings is 3. The summed E-state index contributed by atoms with van der Waals surface area (Å²) in [5.74, 6) is 0.256. The summed E-state index contributed by atoms with van der Waals surface area (Å²) in [5, 5.41) is 3.76. The monoisotopic (exact) mass is 413 g/mol. The van der Waals surface area contributed by atoms with Gasteiger partial charge in [-0.25, -0.2) is 4.98 Å². The molecule has 1 aromatic heterocycles. The van der Waals surface area contributed by atoms with E-state index in [9.17, 15) is 4.79 Å². The summed E-state index contributed by atoms with van der Waals surface area (Å²) in [5.41, 5.74) is 5.38. The lowest BCUT2D eigenvalue weighted by Gasteiger charge is -2.12. The lowest BCUT2D eigenvalue weighted by atomic mass is 10.1. The molecule has 4 rings (SSSR count). The summed E-state index contributed by atoms with van der Waals surface area (Å²) < 4.78 is 2.18. The Labute approximate surface area is 181 Å². The number of imidazole rings is 1. The zero-order chi connectivity index (χ0) is 20.8. The summed E-state index contributed by atoms with van der Waals surface area (Å²) in [6.07, 6.45) is 1.89. The van der Waals surface area contributed by atoms with Crippen molar-refractivity contribution < 1.29 is 4.79 Å². The van der Waals surface area contributed by atoms with Gasteiger partial charge in [0.05, 0.1) is 24.2 Å². The number of rotatable bonds is 7. The van der Waals surface area contributed by atoms with Gasteiger partial charge in [-0.15, -0.1) is 0 Å². The topological polar surface area (TPSA) is 46.9 Å². The minimum atomic E-state index is -0.0441. The van der Waals surface area contributed by atoms with Gasteiger partial charge in [-0.05, 0) is 30.2 Å². The molecule has 150 valence electrons. The van der Waals surface area contributed by atoms with Crippen molar-refractivity contribution in [3.05, 3.63) is 102 Å². The molecule has 0 aliphatic carbocycles. The second kappa shape index (κ2) is 9.46. The molecule has 0 saturated heterocycles. The van der Waals surface area contributed by atoms with Crippen LogP contribution < -0.4 is 5.32 Å². The highest BCUT2D eigenvalue weighted by molar-refractivity contribution is 7.99. The summed E-state index contributed by atoms with van der Waals surface area (Å²) in [7, 11) is 0. The maximum Gasteiger partial charge on any atom is 0.234 e. The predicted molar refractivity (Wildman–Crippen MR) is 124 cm³/mol. The van der Waals surface area contributed by atoms with E-state index < -0.39 is 0 Å². The number of amides is 1. The van der Waals surface area contributed by atoms with E-state index in [1.54, 1.807) is 0 Å². The fourth-order valence-corrected chi connectivity index (χ4v) is 3.97. The second-order valence-corrected chi connectivity index (χ2v) is 8.01. The van der Waals surface area contributed by atoms with Crippen LogP contribution in [0.5, 0.6) is 0 Å². The molecule has 1 N–H and O–H groups in total. The molecule has 0 unspecified atom stereocenters. The van der Waals surface area contributed by atoms with Gasteiger partial charge in [-0.2, -0.15) is 0 Å². The standard InChI is InChI=1S/C25H23N3OS/c1-19-12-14-21(15-13-19)23-16-26-25(28(23)17-20-8-4-2-5-9-20)30-18-24(29)27-22-10-6-3-7-11-22/h2-16H,17-18H2,1H3,(H,27,29). The fraction of sp³-hybridized carbons (Fsp3) is 0.120. The summed E-state index contributed by atoms with van der Waals surface area (Å²) >= 11 is 1.45. The summed E-state index contributed by atoms with van der Waals surface area (Å²) in [6.45, 7) is 2.78. The maximum atomic E-state index is 12.4. The predicted octanol–water partition coefficient (Wildman–Crippen LogP) is 5.64. The van der Waals surface area contributed by atoms with Crippen LogP contribution in [0, 0.1) is 6.92 Å². The van der Waals surface area contributed by atoms with Crippen molar-refractivity contribution in [3.63, 3.8) is 0 Å². The Bertz CT molecular complexity index is 1110. The molecule has 4 aromatic rings. The molecule has 1 amide bonds. The summed E-state index contributed by atoms with van der Waals surface area (Å²) in [4.78, 5) is 17.0. The van der Waals surface area contributed by atoms with Gasteiger partial charge in [0, 0.05) is 5.69 Å². The number of aromatic nitrogens is 2. The van der Waals surface area contributed by atoms with Crippen molar-refractivity contribution in [2.45, 2.75) is 18.6 Å².